The molecule has 0 bridgehead atoms. The number of methoxy groups -OCH3 is 2. The molecule has 1 aliphatic rings. The molecule has 1 unspecified atom stereocenters. The maximum absolute atomic E-state index is 13.4. The average Bonchev–Trinajstić information content (AvgIpc) is 3.26. The minimum Gasteiger partial charge on any atom is -0.480 e. The maximum atomic E-state index is 13.4. The van der Waals surface area contributed by atoms with E-state index < -0.39 is 0 Å². The Balaban J connectivity index is 1.50. The summed E-state index contributed by atoms with van der Waals surface area (Å²) in [6.45, 7) is 2.60. The third-order valence-corrected chi connectivity index (χ3v) is 6.26. The molecule has 4 heterocycles. The predicted octanol–water partition coefficient (Wildman–Crippen LogP) is 4.22. The third kappa shape index (κ3) is 3.66. The molecule has 0 aliphatic carbocycles. The number of rotatable bonds is 4. The van der Waals surface area contributed by atoms with Gasteiger partial charge in [-0.3, -0.25) is 4.79 Å². The Morgan fingerprint density at radius 3 is 2.79 bits per heavy atom. The molecule has 0 saturated carbocycles. The zero-order valence-electron chi connectivity index (χ0n) is 18.4. The number of carbonyl (C=O) groups is 1. The summed E-state index contributed by atoms with van der Waals surface area (Å²) in [7, 11) is 3.09. The van der Waals surface area contributed by atoms with E-state index >= 15 is 0 Å². The fraction of sp³-hybridized carbons (Fsp3) is 0.250. The minimum atomic E-state index is -0.125. The van der Waals surface area contributed by atoms with Gasteiger partial charge >= 0.3 is 6.01 Å². The van der Waals surface area contributed by atoms with Crippen LogP contribution in [0.5, 0.6) is 11.9 Å². The number of hydrogen-bond acceptors (Lipinski definition) is 6. The van der Waals surface area contributed by atoms with E-state index in [4.69, 9.17) is 21.1 Å². The van der Waals surface area contributed by atoms with Gasteiger partial charge in [0.05, 0.1) is 36.4 Å². The van der Waals surface area contributed by atoms with Crippen molar-refractivity contribution < 1.29 is 14.3 Å². The van der Waals surface area contributed by atoms with Gasteiger partial charge in [0.2, 0.25) is 5.88 Å². The Hall–Kier alpha value is -3.65. The van der Waals surface area contributed by atoms with Crippen LogP contribution in [0, 0.1) is 0 Å². The number of nitrogens with zero attached hydrogens (tertiary/aromatic N) is 5. The van der Waals surface area contributed by atoms with Crippen molar-refractivity contribution in [3.63, 3.8) is 0 Å². The van der Waals surface area contributed by atoms with E-state index in [1.807, 2.05) is 30.0 Å². The second kappa shape index (κ2) is 8.37. The fourth-order valence-electron chi connectivity index (χ4n) is 4.40. The Kier molecular flexibility index (Phi) is 5.38. The largest absolute Gasteiger partial charge is 0.480 e. The van der Waals surface area contributed by atoms with Gasteiger partial charge in [0.1, 0.15) is 0 Å². The number of amides is 1. The van der Waals surface area contributed by atoms with Crippen LogP contribution in [0.25, 0.3) is 16.6 Å². The van der Waals surface area contributed by atoms with Crippen LogP contribution in [0.2, 0.25) is 5.02 Å². The molecule has 4 aromatic rings. The molecule has 0 fully saturated rings. The normalized spacial score (nSPS) is 15.4. The Morgan fingerprint density at radius 2 is 2.00 bits per heavy atom. The molecule has 8 nitrogen and oxygen atoms in total. The molecular formula is C24H22ClN5O3. The second-order valence-corrected chi connectivity index (χ2v) is 8.26. The summed E-state index contributed by atoms with van der Waals surface area (Å²) < 4.78 is 12.3. The first kappa shape index (κ1) is 21.2. The molecule has 33 heavy (non-hydrogen) atoms. The average molecular weight is 464 g/mol. The molecule has 1 aliphatic heterocycles. The smallest absolute Gasteiger partial charge is 0.319 e. The van der Waals surface area contributed by atoms with Gasteiger partial charge in [0, 0.05) is 18.9 Å². The van der Waals surface area contributed by atoms with Crippen LogP contribution in [-0.4, -0.2) is 51.2 Å². The Morgan fingerprint density at radius 1 is 1.15 bits per heavy atom. The Labute approximate surface area is 195 Å². The molecule has 1 aromatic carbocycles. The number of ether oxygens (including phenoxy) is 2. The Bertz CT molecular complexity index is 1370. The highest BCUT2D eigenvalue weighted by molar-refractivity contribution is 6.30. The molecular weight excluding hydrogens is 442 g/mol. The highest BCUT2D eigenvalue weighted by atomic mass is 35.5. The van der Waals surface area contributed by atoms with E-state index in [1.54, 1.807) is 36.2 Å². The molecule has 0 N–H and O–H groups in total. The molecule has 0 spiro atoms. The second-order valence-electron chi connectivity index (χ2n) is 7.82. The van der Waals surface area contributed by atoms with Gasteiger partial charge in [0.25, 0.3) is 5.91 Å². The minimum absolute atomic E-state index is 0.108. The van der Waals surface area contributed by atoms with Crippen LogP contribution in [0.1, 0.15) is 34.6 Å². The van der Waals surface area contributed by atoms with E-state index in [0.717, 1.165) is 27.8 Å². The quantitative estimate of drug-likeness (QED) is 0.450. The van der Waals surface area contributed by atoms with Gasteiger partial charge in [-0.1, -0.05) is 29.8 Å². The number of hydrogen-bond donors (Lipinski definition) is 0. The summed E-state index contributed by atoms with van der Waals surface area (Å²) in [4.78, 5) is 23.8. The summed E-state index contributed by atoms with van der Waals surface area (Å²) in [5, 5.41) is 5.00. The first-order valence-corrected chi connectivity index (χ1v) is 10.9. The predicted molar refractivity (Wildman–Crippen MR) is 124 cm³/mol. The molecule has 3 aromatic heterocycles. The van der Waals surface area contributed by atoms with E-state index in [2.05, 4.69) is 21.1 Å². The number of fused-ring (bicyclic) bond motifs is 2. The number of pyridine rings is 1. The zero-order valence-corrected chi connectivity index (χ0v) is 19.2. The van der Waals surface area contributed by atoms with Crippen LogP contribution in [0.3, 0.4) is 0 Å². The van der Waals surface area contributed by atoms with Crippen molar-refractivity contribution in [1.82, 2.24) is 24.5 Å². The first-order valence-electron chi connectivity index (χ1n) is 10.5. The summed E-state index contributed by atoms with van der Waals surface area (Å²) in [6, 6.07) is 11.6. The van der Waals surface area contributed by atoms with Crippen LogP contribution in [0.15, 0.2) is 48.8 Å². The number of aromatic nitrogens is 4. The van der Waals surface area contributed by atoms with Crippen LogP contribution < -0.4 is 9.47 Å². The lowest BCUT2D eigenvalue weighted by Crippen LogP contribution is -2.39. The van der Waals surface area contributed by atoms with Crippen molar-refractivity contribution in [1.29, 1.82) is 0 Å². The lowest BCUT2D eigenvalue weighted by molar-refractivity contribution is 0.0671. The van der Waals surface area contributed by atoms with Crippen LogP contribution in [0.4, 0.5) is 0 Å². The zero-order chi connectivity index (χ0) is 23.1. The standard InChI is InChI=1S/C24H22ClN5O3/c1-14-17-5-4-6-18(20-12-26-24(33-3)27-22(20)32-2)19(17)9-10-29(14)23(31)21-11-16-8-7-15(25)13-30(16)28-21/h4-8,11-14H,9-10H2,1-3H3. The number of halogens is 1. The molecule has 0 saturated heterocycles. The first-order chi connectivity index (χ1) is 16.0. The van der Waals surface area contributed by atoms with Gasteiger partial charge < -0.3 is 14.4 Å². The molecule has 5 rings (SSSR count). The summed E-state index contributed by atoms with van der Waals surface area (Å²) >= 11 is 6.06. The van der Waals surface area contributed by atoms with Crippen molar-refractivity contribution in [3.05, 3.63) is 70.6 Å². The van der Waals surface area contributed by atoms with Crippen molar-refractivity contribution >= 4 is 23.0 Å². The maximum Gasteiger partial charge on any atom is 0.319 e. The third-order valence-electron chi connectivity index (χ3n) is 6.03. The lowest BCUT2D eigenvalue weighted by atomic mass is 9.87. The monoisotopic (exact) mass is 463 g/mol. The van der Waals surface area contributed by atoms with Crippen molar-refractivity contribution in [3.8, 4) is 23.0 Å². The highest BCUT2D eigenvalue weighted by Gasteiger charge is 2.31. The molecule has 9 heteroatoms. The van der Waals surface area contributed by atoms with Crippen LogP contribution in [-0.2, 0) is 6.42 Å². The van der Waals surface area contributed by atoms with Gasteiger partial charge in [-0.05, 0) is 48.2 Å². The van der Waals surface area contributed by atoms with Crippen molar-refractivity contribution in [2.75, 3.05) is 20.8 Å². The van der Waals surface area contributed by atoms with E-state index in [1.165, 1.54) is 7.11 Å². The molecule has 1 amide bonds. The van der Waals surface area contributed by atoms with Gasteiger partial charge in [-0.2, -0.15) is 10.1 Å². The highest BCUT2D eigenvalue weighted by Crippen LogP contribution is 2.39. The molecule has 1 atom stereocenters. The topological polar surface area (TPSA) is 81.9 Å². The van der Waals surface area contributed by atoms with E-state index in [9.17, 15) is 4.79 Å². The number of carbonyl (C=O) groups excluding carboxylic acids is 1. The van der Waals surface area contributed by atoms with Gasteiger partial charge in [-0.25, -0.2) is 9.50 Å². The lowest BCUT2D eigenvalue weighted by Gasteiger charge is -2.36. The van der Waals surface area contributed by atoms with E-state index in [0.29, 0.717) is 29.6 Å². The molecule has 168 valence electrons. The van der Waals surface area contributed by atoms with Gasteiger partial charge in [-0.15, -0.1) is 0 Å². The SMILES string of the molecule is COc1ncc(-c2cccc3c2CCN(C(=O)c2cc4ccc(Cl)cn4n2)C3C)c(OC)n1. The van der Waals surface area contributed by atoms with Crippen molar-refractivity contribution in [2.24, 2.45) is 0 Å². The van der Waals surface area contributed by atoms with Crippen LogP contribution >= 0.6 is 11.6 Å². The van der Waals surface area contributed by atoms with E-state index in [-0.39, 0.29) is 18.0 Å². The number of benzene rings is 1. The summed E-state index contributed by atoms with van der Waals surface area (Å²) in [5.41, 5.74) is 5.24. The molecule has 0 radical (unpaired) electrons. The summed E-state index contributed by atoms with van der Waals surface area (Å²) in [5.74, 6) is 0.341. The fourth-order valence-corrected chi connectivity index (χ4v) is 4.56. The van der Waals surface area contributed by atoms with Gasteiger partial charge in [0.15, 0.2) is 5.69 Å². The van der Waals surface area contributed by atoms with Crippen molar-refractivity contribution in [2.45, 2.75) is 19.4 Å². The summed E-state index contributed by atoms with van der Waals surface area (Å²) in [6.07, 6.45) is 4.10.